The Labute approximate surface area is 185 Å². The number of anilines is 1. The number of aromatic nitrogens is 5. The van der Waals surface area contributed by atoms with Crippen molar-refractivity contribution in [1.82, 2.24) is 30.2 Å². The zero-order valence-electron chi connectivity index (χ0n) is 18.8. The van der Waals surface area contributed by atoms with Crippen molar-refractivity contribution < 1.29 is 18.8 Å². The van der Waals surface area contributed by atoms with E-state index in [-0.39, 0.29) is 12.6 Å². The van der Waals surface area contributed by atoms with Crippen molar-refractivity contribution in [3.63, 3.8) is 0 Å². The highest BCUT2D eigenvalue weighted by molar-refractivity contribution is 5.96. The SMILES string of the molecule is CCn1ncc2c(NC3CCOCC3)c(-c3nc(CNC(=O)OC(C)(C)C)no3)cnc21. The summed E-state index contributed by atoms with van der Waals surface area (Å²) in [5, 5.41) is 15.6. The Hall–Kier alpha value is -3.21. The van der Waals surface area contributed by atoms with Gasteiger partial charge in [0, 0.05) is 32.0 Å². The van der Waals surface area contributed by atoms with Crippen LogP contribution in [0.25, 0.3) is 22.5 Å². The first-order chi connectivity index (χ1) is 15.3. The van der Waals surface area contributed by atoms with Gasteiger partial charge in [0.25, 0.3) is 5.89 Å². The number of carbonyl (C=O) groups excluding carboxylic acids is 1. The Morgan fingerprint density at radius 3 is 2.78 bits per heavy atom. The summed E-state index contributed by atoms with van der Waals surface area (Å²) >= 11 is 0. The summed E-state index contributed by atoms with van der Waals surface area (Å²) in [4.78, 5) is 20.9. The molecule has 3 aromatic heterocycles. The number of rotatable bonds is 6. The minimum absolute atomic E-state index is 0.0879. The normalized spacial score (nSPS) is 15.1. The Balaban J connectivity index is 1.59. The van der Waals surface area contributed by atoms with Crippen molar-refractivity contribution in [3.8, 4) is 11.5 Å². The van der Waals surface area contributed by atoms with Crippen LogP contribution in [-0.2, 0) is 22.6 Å². The minimum Gasteiger partial charge on any atom is -0.444 e. The van der Waals surface area contributed by atoms with Gasteiger partial charge in [0.2, 0.25) is 0 Å². The van der Waals surface area contributed by atoms with Gasteiger partial charge in [-0.05, 0) is 40.5 Å². The first-order valence-corrected chi connectivity index (χ1v) is 10.8. The number of fused-ring (bicyclic) bond motifs is 1. The maximum absolute atomic E-state index is 11.9. The number of carbonyl (C=O) groups is 1. The number of pyridine rings is 1. The summed E-state index contributed by atoms with van der Waals surface area (Å²) in [6, 6.07) is 0.259. The van der Waals surface area contributed by atoms with Crippen molar-refractivity contribution in [2.24, 2.45) is 0 Å². The molecule has 0 unspecified atom stereocenters. The number of hydrogen-bond donors (Lipinski definition) is 2. The number of ether oxygens (including phenoxy) is 2. The molecule has 0 aliphatic carbocycles. The lowest BCUT2D eigenvalue weighted by molar-refractivity contribution is 0.0522. The molecule has 1 amide bonds. The van der Waals surface area contributed by atoms with E-state index in [9.17, 15) is 4.79 Å². The van der Waals surface area contributed by atoms with Crippen LogP contribution in [0.1, 0.15) is 46.4 Å². The van der Waals surface area contributed by atoms with E-state index in [1.54, 1.807) is 33.2 Å². The molecule has 32 heavy (non-hydrogen) atoms. The molecule has 11 nitrogen and oxygen atoms in total. The van der Waals surface area contributed by atoms with Gasteiger partial charge < -0.3 is 24.6 Å². The molecule has 1 fully saturated rings. The maximum Gasteiger partial charge on any atom is 0.408 e. The third-order valence-electron chi connectivity index (χ3n) is 5.02. The summed E-state index contributed by atoms with van der Waals surface area (Å²) in [7, 11) is 0. The molecular formula is C21H29N7O4. The fourth-order valence-electron chi connectivity index (χ4n) is 3.52. The summed E-state index contributed by atoms with van der Waals surface area (Å²) in [5.74, 6) is 0.659. The van der Waals surface area contributed by atoms with Crippen molar-refractivity contribution in [3.05, 3.63) is 18.2 Å². The fourth-order valence-corrected chi connectivity index (χ4v) is 3.52. The van der Waals surface area contributed by atoms with E-state index in [0.717, 1.165) is 42.8 Å². The second-order valence-electron chi connectivity index (χ2n) is 8.65. The Morgan fingerprint density at radius 2 is 2.06 bits per heavy atom. The monoisotopic (exact) mass is 443 g/mol. The summed E-state index contributed by atoms with van der Waals surface area (Å²) in [6.07, 6.45) is 4.79. The van der Waals surface area contributed by atoms with Crippen LogP contribution in [0, 0.1) is 0 Å². The quantitative estimate of drug-likeness (QED) is 0.590. The molecule has 1 aliphatic heterocycles. The fraction of sp³-hybridized carbons (Fsp3) is 0.571. The minimum atomic E-state index is -0.582. The molecule has 3 aromatic rings. The van der Waals surface area contributed by atoms with Gasteiger partial charge in [-0.25, -0.2) is 14.5 Å². The lowest BCUT2D eigenvalue weighted by Gasteiger charge is -2.25. The summed E-state index contributed by atoms with van der Waals surface area (Å²) in [5.41, 5.74) is 1.76. The van der Waals surface area contributed by atoms with E-state index in [1.807, 2.05) is 11.6 Å². The van der Waals surface area contributed by atoms with Crippen LogP contribution in [0.2, 0.25) is 0 Å². The van der Waals surface area contributed by atoms with Crippen LogP contribution in [0.3, 0.4) is 0 Å². The number of alkyl carbamates (subject to hydrolysis) is 1. The van der Waals surface area contributed by atoms with E-state index in [0.29, 0.717) is 23.8 Å². The molecule has 1 aliphatic rings. The standard InChI is InChI=1S/C21H29N7O4/c1-5-28-18-14(11-24-28)17(25-13-6-8-30-9-7-13)15(10-22-18)19-26-16(27-32-19)12-23-20(29)31-21(2,3)4/h10-11,13H,5-9,12H2,1-4H3,(H,22,25)(H,23,29). The molecule has 11 heteroatoms. The van der Waals surface area contributed by atoms with Crippen LogP contribution in [0.15, 0.2) is 16.9 Å². The van der Waals surface area contributed by atoms with E-state index in [1.165, 1.54) is 0 Å². The second-order valence-corrected chi connectivity index (χ2v) is 8.65. The van der Waals surface area contributed by atoms with Gasteiger partial charge in [0.15, 0.2) is 11.5 Å². The molecule has 0 aromatic carbocycles. The number of amides is 1. The van der Waals surface area contributed by atoms with Crippen LogP contribution < -0.4 is 10.6 Å². The molecule has 0 radical (unpaired) electrons. The van der Waals surface area contributed by atoms with Gasteiger partial charge in [-0.1, -0.05) is 5.16 Å². The van der Waals surface area contributed by atoms with Gasteiger partial charge >= 0.3 is 6.09 Å². The third kappa shape index (κ3) is 4.98. The average molecular weight is 444 g/mol. The molecule has 4 heterocycles. The van der Waals surface area contributed by atoms with Crippen LogP contribution in [0.4, 0.5) is 10.5 Å². The molecule has 0 bridgehead atoms. The van der Waals surface area contributed by atoms with E-state index >= 15 is 0 Å². The largest absolute Gasteiger partial charge is 0.444 e. The highest BCUT2D eigenvalue weighted by Gasteiger charge is 2.23. The lowest BCUT2D eigenvalue weighted by Crippen LogP contribution is -2.32. The average Bonchev–Trinajstić information content (AvgIpc) is 3.39. The van der Waals surface area contributed by atoms with E-state index in [2.05, 4.69) is 30.9 Å². The van der Waals surface area contributed by atoms with Crippen molar-refractivity contribution in [2.45, 2.75) is 65.3 Å². The Bertz CT molecular complexity index is 1080. The maximum atomic E-state index is 11.9. The number of aryl methyl sites for hydroxylation is 1. The van der Waals surface area contributed by atoms with Gasteiger partial charge in [-0.2, -0.15) is 10.1 Å². The highest BCUT2D eigenvalue weighted by atomic mass is 16.6. The molecule has 2 N–H and O–H groups in total. The topological polar surface area (TPSA) is 129 Å². The van der Waals surface area contributed by atoms with E-state index in [4.69, 9.17) is 14.0 Å². The van der Waals surface area contributed by atoms with Gasteiger partial charge in [0.1, 0.15) is 5.60 Å². The smallest absolute Gasteiger partial charge is 0.408 e. The van der Waals surface area contributed by atoms with Crippen LogP contribution in [-0.4, -0.2) is 55.9 Å². The highest BCUT2D eigenvalue weighted by Crippen LogP contribution is 2.34. The van der Waals surface area contributed by atoms with Gasteiger partial charge in [-0.3, -0.25) is 0 Å². The second kappa shape index (κ2) is 9.11. The molecule has 0 spiro atoms. The zero-order valence-corrected chi connectivity index (χ0v) is 18.8. The van der Waals surface area contributed by atoms with Crippen LogP contribution in [0.5, 0.6) is 0 Å². The van der Waals surface area contributed by atoms with Crippen LogP contribution >= 0.6 is 0 Å². The molecule has 1 saturated heterocycles. The predicted molar refractivity (Wildman–Crippen MR) is 117 cm³/mol. The Kier molecular flexibility index (Phi) is 6.26. The summed E-state index contributed by atoms with van der Waals surface area (Å²) < 4.78 is 18.1. The van der Waals surface area contributed by atoms with Gasteiger partial charge in [-0.15, -0.1) is 0 Å². The Morgan fingerprint density at radius 1 is 1.28 bits per heavy atom. The zero-order chi connectivity index (χ0) is 22.7. The number of nitrogens with zero attached hydrogens (tertiary/aromatic N) is 5. The van der Waals surface area contributed by atoms with Gasteiger partial charge in [0.05, 0.1) is 29.4 Å². The molecule has 0 saturated carbocycles. The third-order valence-corrected chi connectivity index (χ3v) is 5.02. The molecule has 4 rings (SSSR count). The van der Waals surface area contributed by atoms with Crippen molar-refractivity contribution in [1.29, 1.82) is 0 Å². The number of hydrogen-bond acceptors (Lipinski definition) is 9. The van der Waals surface area contributed by atoms with Crippen molar-refractivity contribution >= 4 is 22.8 Å². The lowest BCUT2D eigenvalue weighted by atomic mass is 10.1. The summed E-state index contributed by atoms with van der Waals surface area (Å²) in [6.45, 7) is 9.67. The van der Waals surface area contributed by atoms with E-state index < -0.39 is 11.7 Å². The first-order valence-electron chi connectivity index (χ1n) is 10.8. The first kappa shape index (κ1) is 22.0. The molecule has 172 valence electrons. The number of nitrogens with one attached hydrogen (secondary N) is 2. The molecular weight excluding hydrogens is 414 g/mol. The molecule has 0 atom stereocenters. The predicted octanol–water partition coefficient (Wildman–Crippen LogP) is 3.12. The van der Waals surface area contributed by atoms with Crippen molar-refractivity contribution in [2.75, 3.05) is 18.5 Å².